The van der Waals surface area contributed by atoms with Crippen LogP contribution in [0.25, 0.3) is 11.4 Å². The minimum absolute atomic E-state index is 0.0457. The number of aryl methyl sites for hydroxylation is 1. The number of benzene rings is 2. The average Bonchev–Trinajstić information content (AvgIpc) is 3.62. The number of ketones is 1. The number of halogens is 1. The Balaban J connectivity index is 1.42. The highest BCUT2D eigenvalue weighted by Crippen LogP contribution is 2.44. The third-order valence-electron chi connectivity index (χ3n) is 6.37. The summed E-state index contributed by atoms with van der Waals surface area (Å²) in [5, 5.41) is 20.2. The fourth-order valence-corrected chi connectivity index (χ4v) is 6.41. The van der Waals surface area contributed by atoms with E-state index in [9.17, 15) is 19.1 Å². The van der Waals surface area contributed by atoms with Crippen LogP contribution in [0.1, 0.15) is 28.6 Å². The third-order valence-corrected chi connectivity index (χ3v) is 8.49. The van der Waals surface area contributed by atoms with Crippen LogP contribution in [0.5, 0.6) is 0 Å². The SMILES string of the molecule is Cc1nc2ccccn2c1C(O)=C1C(=O)C(=O)N(c2nnc(SCc3ccc(F)cc3)s2)C1c1ccccc1. The first kappa shape index (κ1) is 25.0. The van der Waals surface area contributed by atoms with Gasteiger partial charge in [-0.25, -0.2) is 9.37 Å². The van der Waals surface area contributed by atoms with Crippen molar-refractivity contribution in [3.63, 3.8) is 0 Å². The first-order valence-corrected chi connectivity index (χ1v) is 13.7. The van der Waals surface area contributed by atoms with Crippen molar-refractivity contribution in [3.8, 4) is 0 Å². The molecule has 11 heteroatoms. The summed E-state index contributed by atoms with van der Waals surface area (Å²) in [7, 11) is 0. The number of hydrogen-bond donors (Lipinski definition) is 1. The molecule has 5 aromatic rings. The largest absolute Gasteiger partial charge is 0.505 e. The van der Waals surface area contributed by atoms with Crippen molar-refractivity contribution >= 4 is 51.3 Å². The molecule has 39 heavy (non-hydrogen) atoms. The van der Waals surface area contributed by atoms with Crippen LogP contribution in [0, 0.1) is 12.7 Å². The van der Waals surface area contributed by atoms with Crippen molar-refractivity contribution in [2.45, 2.75) is 23.1 Å². The summed E-state index contributed by atoms with van der Waals surface area (Å²) in [5.41, 5.74) is 2.97. The fourth-order valence-electron chi connectivity index (χ4n) is 4.59. The van der Waals surface area contributed by atoms with Crippen LogP contribution in [0.4, 0.5) is 9.52 Å². The highest BCUT2D eigenvalue weighted by atomic mass is 32.2. The lowest BCUT2D eigenvalue weighted by Crippen LogP contribution is -2.29. The van der Waals surface area contributed by atoms with Gasteiger partial charge in [0.1, 0.15) is 17.2 Å². The van der Waals surface area contributed by atoms with Crippen LogP contribution < -0.4 is 4.90 Å². The average molecular weight is 558 g/mol. The van der Waals surface area contributed by atoms with Crippen LogP contribution in [-0.4, -0.2) is 36.4 Å². The van der Waals surface area contributed by atoms with Crippen LogP contribution in [0.3, 0.4) is 0 Å². The van der Waals surface area contributed by atoms with Gasteiger partial charge in [0.2, 0.25) is 5.13 Å². The van der Waals surface area contributed by atoms with Crippen molar-refractivity contribution in [1.82, 2.24) is 19.6 Å². The molecule has 2 aromatic carbocycles. The molecule has 194 valence electrons. The molecule has 1 aliphatic heterocycles. The van der Waals surface area contributed by atoms with E-state index < -0.39 is 17.7 Å². The Morgan fingerprint density at radius 1 is 1.03 bits per heavy atom. The smallest absolute Gasteiger partial charge is 0.301 e. The number of amides is 1. The van der Waals surface area contributed by atoms with E-state index in [1.807, 2.05) is 12.1 Å². The van der Waals surface area contributed by atoms with Crippen molar-refractivity contribution in [2.24, 2.45) is 0 Å². The maximum Gasteiger partial charge on any atom is 0.301 e. The zero-order valence-corrected chi connectivity index (χ0v) is 22.1. The zero-order chi connectivity index (χ0) is 27.1. The second-order valence-corrected chi connectivity index (χ2v) is 11.0. The number of rotatable bonds is 6. The van der Waals surface area contributed by atoms with Gasteiger partial charge in [0.15, 0.2) is 10.1 Å². The Bertz CT molecular complexity index is 1750. The number of aliphatic hydroxyl groups excluding tert-OH is 1. The molecule has 1 fully saturated rings. The van der Waals surface area contributed by atoms with Gasteiger partial charge in [0.25, 0.3) is 5.78 Å². The second-order valence-electron chi connectivity index (χ2n) is 8.82. The predicted molar refractivity (Wildman–Crippen MR) is 147 cm³/mol. The van der Waals surface area contributed by atoms with Gasteiger partial charge >= 0.3 is 5.91 Å². The van der Waals surface area contributed by atoms with E-state index >= 15 is 0 Å². The summed E-state index contributed by atoms with van der Waals surface area (Å²) >= 11 is 2.56. The highest BCUT2D eigenvalue weighted by Gasteiger charge is 2.48. The second kappa shape index (κ2) is 10.1. The molecule has 0 bridgehead atoms. The Labute approximate surface area is 230 Å². The number of fused-ring (bicyclic) bond motifs is 1. The Morgan fingerprint density at radius 3 is 2.54 bits per heavy atom. The minimum Gasteiger partial charge on any atom is -0.505 e. The minimum atomic E-state index is -0.914. The number of Topliss-reactive ketones (excluding diaryl/α,β-unsaturated/α-hetero) is 1. The normalized spacial score (nSPS) is 16.9. The van der Waals surface area contributed by atoms with E-state index in [1.165, 1.54) is 40.1 Å². The first-order chi connectivity index (χ1) is 18.9. The summed E-state index contributed by atoms with van der Waals surface area (Å²) in [4.78, 5) is 32.7. The molecule has 1 amide bonds. The van der Waals surface area contributed by atoms with Crippen LogP contribution >= 0.6 is 23.1 Å². The quantitative estimate of drug-likeness (QED) is 0.0960. The van der Waals surface area contributed by atoms with Gasteiger partial charge in [0, 0.05) is 11.9 Å². The maximum absolute atomic E-state index is 13.5. The summed E-state index contributed by atoms with van der Waals surface area (Å²) in [6.45, 7) is 1.74. The molecule has 0 aliphatic carbocycles. The zero-order valence-electron chi connectivity index (χ0n) is 20.5. The summed E-state index contributed by atoms with van der Waals surface area (Å²) in [6, 6.07) is 19.7. The molecule has 6 rings (SSSR count). The van der Waals surface area contributed by atoms with Crippen molar-refractivity contribution in [2.75, 3.05) is 4.90 Å². The molecule has 1 aliphatic rings. The molecule has 1 unspecified atom stereocenters. The van der Waals surface area contributed by atoms with E-state index in [0.717, 1.165) is 5.56 Å². The number of anilines is 1. The molecule has 1 saturated heterocycles. The van der Waals surface area contributed by atoms with E-state index in [-0.39, 0.29) is 22.3 Å². The maximum atomic E-state index is 13.5. The molecule has 1 atom stereocenters. The molecule has 1 N–H and O–H groups in total. The first-order valence-electron chi connectivity index (χ1n) is 11.9. The number of imidazole rings is 1. The number of aromatic nitrogens is 4. The molecule has 8 nitrogen and oxygen atoms in total. The Kier molecular flexibility index (Phi) is 6.45. The molecular formula is C28H20FN5O3S2. The number of carbonyl (C=O) groups excluding carboxylic acids is 2. The monoisotopic (exact) mass is 557 g/mol. The highest BCUT2D eigenvalue weighted by molar-refractivity contribution is 8.00. The number of aliphatic hydroxyl groups is 1. The molecule has 0 radical (unpaired) electrons. The van der Waals surface area contributed by atoms with Gasteiger partial charge in [-0.2, -0.15) is 0 Å². The molecule has 0 spiro atoms. The van der Waals surface area contributed by atoms with Crippen LogP contribution in [-0.2, 0) is 15.3 Å². The number of hydrogen-bond acceptors (Lipinski definition) is 8. The molecule has 0 saturated carbocycles. The lowest BCUT2D eigenvalue weighted by Gasteiger charge is -2.22. The third kappa shape index (κ3) is 4.49. The van der Waals surface area contributed by atoms with Gasteiger partial charge in [-0.1, -0.05) is 71.6 Å². The van der Waals surface area contributed by atoms with Gasteiger partial charge in [-0.15, -0.1) is 10.2 Å². The topological polar surface area (TPSA) is 101 Å². The van der Waals surface area contributed by atoms with E-state index in [1.54, 1.807) is 66.1 Å². The Hall–Kier alpha value is -4.35. The molecular weight excluding hydrogens is 537 g/mol. The number of carbonyl (C=O) groups is 2. The lowest BCUT2D eigenvalue weighted by atomic mass is 9.96. The van der Waals surface area contributed by atoms with Gasteiger partial charge in [-0.3, -0.25) is 18.9 Å². The summed E-state index contributed by atoms with van der Waals surface area (Å²) < 4.78 is 15.5. The number of nitrogens with zero attached hydrogens (tertiary/aromatic N) is 5. The number of pyridine rings is 1. The van der Waals surface area contributed by atoms with Crippen LogP contribution in [0.2, 0.25) is 0 Å². The number of thioether (sulfide) groups is 1. The fraction of sp³-hybridized carbons (Fsp3) is 0.107. The molecule has 3 aromatic heterocycles. The van der Waals surface area contributed by atoms with Gasteiger partial charge in [0.05, 0.1) is 17.3 Å². The predicted octanol–water partition coefficient (Wildman–Crippen LogP) is 5.55. The lowest BCUT2D eigenvalue weighted by molar-refractivity contribution is -0.132. The van der Waals surface area contributed by atoms with Crippen LogP contribution in [0.15, 0.2) is 88.9 Å². The van der Waals surface area contributed by atoms with Gasteiger partial charge in [-0.05, 0) is 42.3 Å². The Morgan fingerprint density at radius 2 is 1.77 bits per heavy atom. The van der Waals surface area contributed by atoms with E-state index in [0.29, 0.717) is 32.7 Å². The van der Waals surface area contributed by atoms with E-state index in [2.05, 4.69) is 15.2 Å². The van der Waals surface area contributed by atoms with Gasteiger partial charge < -0.3 is 5.11 Å². The standard InChI is InChI=1S/C28H20FN5O3S2/c1-16-22(33-14-6-5-9-20(33)30-16)24(35)21-23(18-7-3-2-4-8-18)34(26(37)25(21)36)27-31-32-28(39-27)38-15-17-10-12-19(29)13-11-17/h2-14,23,35H,15H2,1H3. The van der Waals surface area contributed by atoms with E-state index in [4.69, 9.17) is 0 Å². The van der Waals surface area contributed by atoms with Crippen molar-refractivity contribution < 1.29 is 19.1 Å². The van der Waals surface area contributed by atoms with Crippen molar-refractivity contribution in [3.05, 3.63) is 113 Å². The summed E-state index contributed by atoms with van der Waals surface area (Å²) in [5.74, 6) is -1.71. The molecule has 4 heterocycles. The summed E-state index contributed by atoms with van der Waals surface area (Å²) in [6.07, 6.45) is 1.74. The van der Waals surface area contributed by atoms with Crippen molar-refractivity contribution in [1.29, 1.82) is 0 Å².